The molecule has 0 spiro atoms. The van der Waals surface area contributed by atoms with Gasteiger partial charge in [-0.25, -0.2) is 10.1 Å². The summed E-state index contributed by atoms with van der Waals surface area (Å²) in [6.07, 6.45) is 1.16. The minimum atomic E-state index is -0.851. The molecule has 9 nitrogen and oxygen atoms in total. The van der Waals surface area contributed by atoms with Crippen LogP contribution >= 0.6 is 0 Å². The first-order chi connectivity index (χ1) is 8.42. The van der Waals surface area contributed by atoms with Crippen LogP contribution in [-0.2, 0) is 9.53 Å². The van der Waals surface area contributed by atoms with Crippen molar-refractivity contribution in [1.29, 1.82) is 0 Å². The van der Waals surface area contributed by atoms with Gasteiger partial charge < -0.3 is 20.7 Å². The van der Waals surface area contributed by atoms with Gasteiger partial charge in [0, 0.05) is 13.6 Å². The van der Waals surface area contributed by atoms with Crippen molar-refractivity contribution in [2.45, 2.75) is 18.9 Å². The van der Waals surface area contributed by atoms with Gasteiger partial charge in [0.2, 0.25) is 0 Å². The number of nitro groups is 1. The van der Waals surface area contributed by atoms with Crippen LogP contribution in [0.15, 0.2) is 5.10 Å². The zero-order valence-electron chi connectivity index (χ0n) is 10.8. The third-order valence-electron chi connectivity index (χ3n) is 2.40. The van der Waals surface area contributed by atoms with E-state index in [9.17, 15) is 14.9 Å². The van der Waals surface area contributed by atoms with Gasteiger partial charge in [-0.15, -0.1) is 0 Å². The summed E-state index contributed by atoms with van der Waals surface area (Å²) in [7, 11) is 4.57. The minimum Gasteiger partial charge on any atom is -0.468 e. The molecule has 0 aromatic heterocycles. The third kappa shape index (κ3) is 5.99. The summed E-state index contributed by atoms with van der Waals surface area (Å²) in [5.41, 5.74) is 5.38. The molecule has 0 saturated carbocycles. The number of nitrogens with one attached hydrogen (secondary N) is 1. The Morgan fingerprint density at radius 3 is 2.72 bits per heavy atom. The van der Waals surface area contributed by atoms with Crippen molar-refractivity contribution in [3.63, 3.8) is 0 Å². The summed E-state index contributed by atoms with van der Waals surface area (Å²) < 4.78 is 4.61. The lowest BCUT2D eigenvalue weighted by Gasteiger charge is -2.18. The molecule has 0 heterocycles. The number of methoxy groups -OCH3 is 1. The van der Waals surface area contributed by atoms with Crippen LogP contribution < -0.4 is 11.1 Å². The molecule has 0 aliphatic carbocycles. The number of guanidine groups is 1. The maximum Gasteiger partial charge on any atom is 0.322 e. The Bertz CT molecular complexity index is 320. The second-order valence-corrected chi connectivity index (χ2v) is 3.62. The van der Waals surface area contributed by atoms with Gasteiger partial charge in [-0.2, -0.15) is 0 Å². The van der Waals surface area contributed by atoms with Crippen LogP contribution in [0.5, 0.6) is 0 Å². The fourth-order valence-electron chi connectivity index (χ4n) is 1.33. The summed E-state index contributed by atoms with van der Waals surface area (Å²) in [4.78, 5) is 22.8. The highest BCUT2D eigenvalue weighted by Crippen LogP contribution is 2.00. The number of likely N-dealkylation sites (N-methyl/N-ethyl adjacent to an activating group) is 1. The van der Waals surface area contributed by atoms with Gasteiger partial charge in [-0.3, -0.25) is 4.79 Å². The molecular weight excluding hydrogens is 242 g/mol. The van der Waals surface area contributed by atoms with E-state index in [1.807, 2.05) is 0 Å². The monoisotopic (exact) mass is 261 g/mol. The van der Waals surface area contributed by atoms with Gasteiger partial charge in [0.1, 0.15) is 11.1 Å². The van der Waals surface area contributed by atoms with Crippen LogP contribution in [0.1, 0.15) is 12.8 Å². The molecule has 1 unspecified atom stereocenters. The molecule has 0 rings (SSSR count). The number of hydrazone groups is 1. The number of esters is 1. The van der Waals surface area contributed by atoms with Crippen LogP contribution in [0.2, 0.25) is 0 Å². The van der Waals surface area contributed by atoms with Crippen molar-refractivity contribution >= 4 is 11.9 Å². The van der Waals surface area contributed by atoms with E-state index in [-0.39, 0.29) is 11.9 Å². The average Bonchev–Trinajstić information content (AvgIpc) is 2.32. The van der Waals surface area contributed by atoms with Crippen LogP contribution in [0.25, 0.3) is 0 Å². The van der Waals surface area contributed by atoms with E-state index >= 15 is 0 Å². The Hall–Kier alpha value is -1.90. The highest BCUT2D eigenvalue weighted by atomic mass is 16.7. The van der Waals surface area contributed by atoms with E-state index in [4.69, 9.17) is 5.73 Å². The van der Waals surface area contributed by atoms with Gasteiger partial charge in [0.15, 0.2) is 5.03 Å². The Labute approximate surface area is 105 Å². The first kappa shape index (κ1) is 16.1. The highest BCUT2D eigenvalue weighted by Gasteiger charge is 2.16. The maximum atomic E-state index is 11.3. The van der Waals surface area contributed by atoms with E-state index in [1.54, 1.807) is 14.1 Å². The first-order valence-corrected chi connectivity index (χ1v) is 5.37. The molecule has 0 aromatic carbocycles. The predicted molar refractivity (Wildman–Crippen MR) is 65.3 cm³/mol. The van der Waals surface area contributed by atoms with Crippen LogP contribution in [0.3, 0.4) is 0 Å². The summed E-state index contributed by atoms with van der Waals surface area (Å²) in [6, 6.07) is -0.392. The molecule has 0 amide bonds. The zero-order valence-corrected chi connectivity index (χ0v) is 10.8. The number of nitrogens with zero attached hydrogens (tertiary/aromatic N) is 3. The van der Waals surface area contributed by atoms with Crippen molar-refractivity contribution in [1.82, 2.24) is 10.2 Å². The van der Waals surface area contributed by atoms with Crippen LogP contribution in [0, 0.1) is 10.1 Å². The van der Waals surface area contributed by atoms with Crippen molar-refractivity contribution in [3.8, 4) is 0 Å². The lowest BCUT2D eigenvalue weighted by atomic mass is 10.1. The molecule has 0 radical (unpaired) electrons. The molecule has 0 saturated heterocycles. The molecule has 104 valence electrons. The number of hydrogen-bond acceptors (Lipinski definition) is 5. The Kier molecular flexibility index (Phi) is 7.36. The lowest BCUT2D eigenvalue weighted by Crippen LogP contribution is -2.38. The van der Waals surface area contributed by atoms with Gasteiger partial charge in [0.05, 0.1) is 7.11 Å². The molecule has 9 heteroatoms. The Morgan fingerprint density at radius 1 is 1.67 bits per heavy atom. The quantitative estimate of drug-likeness (QED) is 0.197. The van der Waals surface area contributed by atoms with Crippen molar-refractivity contribution in [2.24, 2.45) is 10.8 Å². The zero-order chi connectivity index (χ0) is 14.1. The smallest absolute Gasteiger partial charge is 0.322 e. The number of nitrogens with two attached hydrogens (primary N) is 1. The summed E-state index contributed by atoms with van der Waals surface area (Å²) in [5.74, 6) is -0.508. The van der Waals surface area contributed by atoms with E-state index in [0.29, 0.717) is 19.4 Å². The Morgan fingerprint density at radius 2 is 2.28 bits per heavy atom. The number of carbonyl (C=O) groups excluding carboxylic acids is 1. The molecule has 0 fully saturated rings. The lowest BCUT2D eigenvalue weighted by molar-refractivity contribution is -0.485. The second kappa shape index (κ2) is 8.23. The molecule has 0 aliphatic heterocycles. The Balaban J connectivity index is 4.10. The van der Waals surface area contributed by atoms with Gasteiger partial charge in [-0.1, -0.05) is 0 Å². The number of ether oxygens (including phenoxy) is 1. The molecular formula is C9H19N5O4. The topological polar surface area (TPSA) is 123 Å². The van der Waals surface area contributed by atoms with Gasteiger partial charge in [0.25, 0.3) is 5.96 Å². The van der Waals surface area contributed by atoms with Crippen molar-refractivity contribution in [2.75, 3.05) is 27.7 Å². The van der Waals surface area contributed by atoms with Crippen molar-refractivity contribution < 1.29 is 14.6 Å². The average molecular weight is 261 g/mol. The van der Waals surface area contributed by atoms with E-state index in [1.165, 1.54) is 12.0 Å². The third-order valence-corrected chi connectivity index (χ3v) is 2.40. The summed E-state index contributed by atoms with van der Waals surface area (Å²) in [5, 5.41) is 15.1. The molecule has 3 N–H and O–H groups in total. The molecule has 18 heavy (non-hydrogen) atoms. The number of hydrogen-bond donors (Lipinski definition) is 2. The number of carbonyl (C=O) groups is 1. The molecule has 0 bridgehead atoms. The van der Waals surface area contributed by atoms with Gasteiger partial charge >= 0.3 is 5.97 Å². The predicted octanol–water partition coefficient (Wildman–Crippen LogP) is -1.03. The number of rotatable bonds is 7. The van der Waals surface area contributed by atoms with E-state index < -0.39 is 11.1 Å². The van der Waals surface area contributed by atoms with E-state index in [0.717, 1.165) is 0 Å². The molecule has 0 aliphatic rings. The standard InChI is InChI=1S/C9H19N5O4/c1-11-7(8(15)18-3)5-4-6-13(2)9(10)12-14(16)17/h7,11H,4-6H2,1-3H3,(H2,10,12). The SMILES string of the molecule is CNC(CCCN(C)/C(N)=N/[N+](=O)[O-])C(=O)OC. The fourth-order valence-corrected chi connectivity index (χ4v) is 1.33. The maximum absolute atomic E-state index is 11.3. The van der Waals surface area contributed by atoms with Crippen LogP contribution in [-0.4, -0.2) is 55.7 Å². The highest BCUT2D eigenvalue weighted by molar-refractivity contribution is 5.77. The molecule has 1 atom stereocenters. The van der Waals surface area contributed by atoms with Crippen LogP contribution in [0.4, 0.5) is 0 Å². The first-order valence-electron chi connectivity index (χ1n) is 5.37. The summed E-state index contributed by atoms with van der Waals surface area (Å²) in [6.45, 7) is 0.457. The second-order valence-electron chi connectivity index (χ2n) is 3.62. The van der Waals surface area contributed by atoms with Crippen molar-refractivity contribution in [3.05, 3.63) is 10.1 Å². The minimum absolute atomic E-state index is 0.168. The molecule has 0 aromatic rings. The summed E-state index contributed by atoms with van der Waals surface area (Å²) >= 11 is 0. The normalized spacial score (nSPS) is 12.9. The van der Waals surface area contributed by atoms with Gasteiger partial charge in [-0.05, 0) is 19.9 Å². The largest absolute Gasteiger partial charge is 0.468 e. The van der Waals surface area contributed by atoms with E-state index in [2.05, 4.69) is 15.2 Å². The fraction of sp³-hybridized carbons (Fsp3) is 0.778.